The minimum atomic E-state index is -3.51. The van der Waals surface area contributed by atoms with Crippen molar-refractivity contribution in [2.75, 3.05) is 13.1 Å². The Bertz CT molecular complexity index is 571. The predicted octanol–water partition coefficient (Wildman–Crippen LogP) is 3.09. The second kappa shape index (κ2) is 7.26. The van der Waals surface area contributed by atoms with Gasteiger partial charge in [-0.25, -0.2) is 8.42 Å². The highest BCUT2D eigenvalue weighted by Crippen LogP contribution is 2.31. The summed E-state index contributed by atoms with van der Waals surface area (Å²) in [6, 6.07) is 1.52. The third-order valence-corrected chi connectivity index (χ3v) is 6.78. The van der Waals surface area contributed by atoms with Crippen molar-refractivity contribution in [2.45, 2.75) is 50.5 Å². The van der Waals surface area contributed by atoms with Gasteiger partial charge in [-0.1, -0.05) is 19.8 Å². The highest BCUT2D eigenvalue weighted by atomic mass is 79.9. The van der Waals surface area contributed by atoms with Crippen molar-refractivity contribution < 1.29 is 12.8 Å². The zero-order chi connectivity index (χ0) is 15.5. The van der Waals surface area contributed by atoms with Gasteiger partial charge in [-0.3, -0.25) is 0 Å². The Morgan fingerprint density at radius 1 is 1.43 bits per heavy atom. The lowest BCUT2D eigenvalue weighted by Crippen LogP contribution is -2.32. The van der Waals surface area contributed by atoms with E-state index in [2.05, 4.69) is 22.9 Å². The lowest BCUT2D eigenvalue weighted by atomic mass is 9.96. The first-order valence-electron chi connectivity index (χ1n) is 7.47. The summed E-state index contributed by atoms with van der Waals surface area (Å²) in [7, 11) is -3.51. The fourth-order valence-electron chi connectivity index (χ4n) is 2.89. The van der Waals surface area contributed by atoms with Crippen LogP contribution in [0.25, 0.3) is 0 Å². The Labute approximate surface area is 135 Å². The standard InChI is InChI=1S/C14H23BrN2O3S/c1-2-4-11-5-3-7-17(8-6-11)21(18,19)13-9-12(10-16)20-14(13)15/h9,11H,2-8,10,16H2,1H3. The van der Waals surface area contributed by atoms with E-state index < -0.39 is 10.0 Å². The van der Waals surface area contributed by atoms with Gasteiger partial charge >= 0.3 is 0 Å². The van der Waals surface area contributed by atoms with Gasteiger partial charge in [-0.15, -0.1) is 0 Å². The third-order valence-electron chi connectivity index (χ3n) is 4.03. The van der Waals surface area contributed by atoms with Crippen molar-refractivity contribution in [3.8, 4) is 0 Å². The van der Waals surface area contributed by atoms with Crippen LogP contribution in [-0.2, 0) is 16.6 Å². The number of hydrogen-bond acceptors (Lipinski definition) is 4. The van der Waals surface area contributed by atoms with Crippen LogP contribution in [0, 0.1) is 5.92 Å². The van der Waals surface area contributed by atoms with E-state index in [9.17, 15) is 8.42 Å². The van der Waals surface area contributed by atoms with Crippen LogP contribution in [0.15, 0.2) is 20.0 Å². The Balaban J connectivity index is 2.17. The van der Waals surface area contributed by atoms with Crippen molar-refractivity contribution >= 4 is 26.0 Å². The number of nitrogens with two attached hydrogens (primary N) is 1. The van der Waals surface area contributed by atoms with E-state index in [0.29, 0.717) is 24.8 Å². The fraction of sp³-hybridized carbons (Fsp3) is 0.714. The van der Waals surface area contributed by atoms with Crippen LogP contribution in [0.2, 0.25) is 0 Å². The largest absolute Gasteiger partial charge is 0.452 e. The molecule has 7 heteroatoms. The molecule has 21 heavy (non-hydrogen) atoms. The maximum atomic E-state index is 12.7. The number of hydrogen-bond donors (Lipinski definition) is 1. The lowest BCUT2D eigenvalue weighted by Gasteiger charge is -2.19. The second-order valence-electron chi connectivity index (χ2n) is 5.54. The van der Waals surface area contributed by atoms with Crippen LogP contribution < -0.4 is 5.73 Å². The molecule has 1 aliphatic heterocycles. The molecule has 0 aromatic carbocycles. The Morgan fingerprint density at radius 2 is 2.19 bits per heavy atom. The summed E-state index contributed by atoms with van der Waals surface area (Å²) in [5.41, 5.74) is 5.51. The molecule has 2 N–H and O–H groups in total. The van der Waals surface area contributed by atoms with E-state index in [1.807, 2.05) is 0 Å². The molecule has 5 nitrogen and oxygen atoms in total. The van der Waals surface area contributed by atoms with Gasteiger partial charge in [0.05, 0.1) is 6.54 Å². The minimum Gasteiger partial charge on any atom is -0.452 e. The molecule has 1 unspecified atom stereocenters. The molecule has 2 heterocycles. The molecule has 1 saturated heterocycles. The molecule has 0 saturated carbocycles. The SMILES string of the molecule is CCCC1CCCN(S(=O)(=O)c2cc(CN)oc2Br)CC1. The van der Waals surface area contributed by atoms with Gasteiger partial charge in [-0.2, -0.15) is 4.31 Å². The van der Waals surface area contributed by atoms with E-state index in [1.54, 1.807) is 4.31 Å². The van der Waals surface area contributed by atoms with Crippen molar-refractivity contribution in [3.63, 3.8) is 0 Å². The molecular weight excluding hydrogens is 356 g/mol. The van der Waals surface area contributed by atoms with Gasteiger partial charge in [0.25, 0.3) is 0 Å². The molecule has 120 valence electrons. The van der Waals surface area contributed by atoms with Crippen LogP contribution in [0.3, 0.4) is 0 Å². The topological polar surface area (TPSA) is 76.5 Å². The minimum absolute atomic E-state index is 0.187. The zero-order valence-electron chi connectivity index (χ0n) is 12.3. The molecule has 0 spiro atoms. The maximum Gasteiger partial charge on any atom is 0.247 e. The van der Waals surface area contributed by atoms with Crippen LogP contribution in [0.4, 0.5) is 0 Å². The van der Waals surface area contributed by atoms with Crippen molar-refractivity contribution in [3.05, 3.63) is 16.5 Å². The van der Waals surface area contributed by atoms with Gasteiger partial charge in [0.1, 0.15) is 10.7 Å². The fourth-order valence-corrected chi connectivity index (χ4v) is 5.34. The van der Waals surface area contributed by atoms with E-state index >= 15 is 0 Å². The molecule has 1 atom stereocenters. The number of sulfonamides is 1. The maximum absolute atomic E-state index is 12.7. The number of furan rings is 1. The summed E-state index contributed by atoms with van der Waals surface area (Å²) in [4.78, 5) is 0.192. The average Bonchev–Trinajstić information content (AvgIpc) is 2.68. The first-order chi connectivity index (χ1) is 9.98. The molecule has 0 aliphatic carbocycles. The first-order valence-corrected chi connectivity index (χ1v) is 9.70. The molecule has 1 aromatic heterocycles. The van der Waals surface area contributed by atoms with E-state index in [1.165, 1.54) is 12.5 Å². The van der Waals surface area contributed by atoms with Gasteiger partial charge in [0.15, 0.2) is 4.67 Å². The zero-order valence-corrected chi connectivity index (χ0v) is 14.7. The molecule has 1 fully saturated rings. The van der Waals surface area contributed by atoms with Gasteiger partial charge < -0.3 is 10.2 Å². The van der Waals surface area contributed by atoms with E-state index in [0.717, 1.165) is 25.7 Å². The summed E-state index contributed by atoms with van der Waals surface area (Å²) in [5.74, 6) is 1.11. The van der Waals surface area contributed by atoms with Gasteiger partial charge in [0, 0.05) is 19.2 Å². The lowest BCUT2D eigenvalue weighted by molar-refractivity contribution is 0.398. The average molecular weight is 379 g/mol. The predicted molar refractivity (Wildman–Crippen MR) is 85.3 cm³/mol. The second-order valence-corrected chi connectivity index (χ2v) is 8.17. The highest BCUT2D eigenvalue weighted by Gasteiger charge is 2.31. The van der Waals surface area contributed by atoms with Gasteiger partial charge in [-0.05, 0) is 41.1 Å². The van der Waals surface area contributed by atoms with E-state index in [-0.39, 0.29) is 16.1 Å². The summed E-state index contributed by atoms with van der Waals surface area (Å²) < 4.78 is 32.6. The van der Waals surface area contributed by atoms with E-state index in [4.69, 9.17) is 10.2 Å². The molecule has 0 bridgehead atoms. The Hall–Kier alpha value is -0.370. The monoisotopic (exact) mass is 378 g/mol. The Morgan fingerprint density at radius 3 is 2.81 bits per heavy atom. The molecule has 0 amide bonds. The molecule has 0 radical (unpaired) electrons. The van der Waals surface area contributed by atoms with Crippen molar-refractivity contribution in [1.82, 2.24) is 4.31 Å². The normalized spacial score (nSPS) is 21.4. The molecule has 1 aromatic rings. The summed E-state index contributed by atoms with van der Waals surface area (Å²) in [5, 5.41) is 0. The van der Waals surface area contributed by atoms with Crippen LogP contribution in [-0.4, -0.2) is 25.8 Å². The summed E-state index contributed by atoms with van der Waals surface area (Å²) in [6.45, 7) is 3.53. The highest BCUT2D eigenvalue weighted by molar-refractivity contribution is 9.10. The number of rotatable bonds is 5. The third kappa shape index (κ3) is 3.88. The number of nitrogens with zero attached hydrogens (tertiary/aromatic N) is 1. The summed E-state index contributed by atoms with van der Waals surface area (Å²) in [6.07, 6.45) is 5.31. The number of halogens is 1. The smallest absolute Gasteiger partial charge is 0.247 e. The summed E-state index contributed by atoms with van der Waals surface area (Å²) >= 11 is 3.19. The molecule has 2 rings (SSSR count). The van der Waals surface area contributed by atoms with Crippen LogP contribution in [0.1, 0.15) is 44.8 Å². The van der Waals surface area contributed by atoms with Crippen LogP contribution >= 0.6 is 15.9 Å². The molecular formula is C14H23BrN2O3S. The van der Waals surface area contributed by atoms with Crippen molar-refractivity contribution in [2.24, 2.45) is 11.7 Å². The quantitative estimate of drug-likeness (QED) is 0.853. The van der Waals surface area contributed by atoms with Crippen molar-refractivity contribution in [1.29, 1.82) is 0 Å². The van der Waals surface area contributed by atoms with Gasteiger partial charge in [0.2, 0.25) is 10.0 Å². The molecule has 1 aliphatic rings. The first kappa shape index (κ1) is 17.0. The Kier molecular flexibility index (Phi) is 5.88. The van der Waals surface area contributed by atoms with Crippen LogP contribution in [0.5, 0.6) is 0 Å².